The van der Waals surface area contributed by atoms with Crippen LogP contribution in [0.3, 0.4) is 0 Å². The van der Waals surface area contributed by atoms with Crippen molar-refractivity contribution in [3.63, 3.8) is 0 Å². The van der Waals surface area contributed by atoms with E-state index in [0.717, 1.165) is 5.56 Å². The van der Waals surface area contributed by atoms with Crippen LogP contribution in [-0.2, 0) is 0 Å². The molecule has 0 aliphatic heterocycles. The van der Waals surface area contributed by atoms with Crippen LogP contribution in [0, 0.1) is 0 Å². The standard InChI is InChI=1S/C14H18O2/c1-2-7-13(15)10-6-11-14(16)12-8-4-3-5-9-12/h2-6,8-10,13-16H,1,7,11H2/b10-6+/t13-,14+/m1/s1. The minimum atomic E-state index is -0.506. The Kier molecular flexibility index (Phi) is 5.54. The fraction of sp³-hybridized carbons (Fsp3) is 0.286. The summed E-state index contributed by atoms with van der Waals surface area (Å²) >= 11 is 0. The highest BCUT2D eigenvalue weighted by Gasteiger charge is 2.04. The van der Waals surface area contributed by atoms with Crippen LogP contribution in [0.4, 0.5) is 0 Å². The van der Waals surface area contributed by atoms with E-state index >= 15 is 0 Å². The molecule has 1 aromatic rings. The lowest BCUT2D eigenvalue weighted by atomic mass is 10.1. The first-order valence-corrected chi connectivity index (χ1v) is 5.42. The highest BCUT2D eigenvalue weighted by atomic mass is 16.3. The second-order valence-electron chi connectivity index (χ2n) is 3.68. The van der Waals surface area contributed by atoms with Crippen molar-refractivity contribution < 1.29 is 10.2 Å². The summed E-state index contributed by atoms with van der Waals surface area (Å²) in [4.78, 5) is 0. The molecule has 0 saturated carbocycles. The average Bonchev–Trinajstić information content (AvgIpc) is 2.30. The van der Waals surface area contributed by atoms with E-state index in [-0.39, 0.29) is 0 Å². The average molecular weight is 218 g/mol. The zero-order valence-electron chi connectivity index (χ0n) is 9.29. The van der Waals surface area contributed by atoms with Gasteiger partial charge in [0.05, 0.1) is 12.2 Å². The fourth-order valence-electron chi connectivity index (χ4n) is 1.43. The predicted octanol–water partition coefficient (Wildman–Crippen LogP) is 2.60. The minimum absolute atomic E-state index is 0.500. The van der Waals surface area contributed by atoms with Gasteiger partial charge in [-0.25, -0.2) is 0 Å². The molecule has 2 N–H and O–H groups in total. The lowest BCUT2D eigenvalue weighted by molar-refractivity contribution is 0.180. The molecule has 0 aromatic heterocycles. The molecule has 1 aromatic carbocycles. The number of aliphatic hydroxyl groups excluding tert-OH is 2. The number of hydrogen-bond acceptors (Lipinski definition) is 2. The molecule has 0 fully saturated rings. The molecule has 0 saturated heterocycles. The lowest BCUT2D eigenvalue weighted by Crippen LogP contribution is -2.00. The van der Waals surface area contributed by atoms with Gasteiger partial charge in [-0.3, -0.25) is 0 Å². The Morgan fingerprint density at radius 3 is 2.44 bits per heavy atom. The molecule has 0 spiro atoms. The maximum atomic E-state index is 9.81. The van der Waals surface area contributed by atoms with Gasteiger partial charge in [0.2, 0.25) is 0 Å². The van der Waals surface area contributed by atoms with E-state index in [4.69, 9.17) is 0 Å². The van der Waals surface area contributed by atoms with Crippen molar-refractivity contribution in [3.8, 4) is 0 Å². The summed E-state index contributed by atoms with van der Waals surface area (Å²) in [6, 6.07) is 9.49. The van der Waals surface area contributed by atoms with Crippen LogP contribution in [0.1, 0.15) is 24.5 Å². The molecule has 0 bridgehead atoms. The Morgan fingerprint density at radius 2 is 1.81 bits per heavy atom. The minimum Gasteiger partial charge on any atom is -0.389 e. The monoisotopic (exact) mass is 218 g/mol. The molecule has 0 aliphatic carbocycles. The molecule has 86 valence electrons. The van der Waals surface area contributed by atoms with Gasteiger partial charge in [-0.15, -0.1) is 6.58 Å². The largest absolute Gasteiger partial charge is 0.389 e. The Labute approximate surface area is 96.6 Å². The zero-order valence-corrected chi connectivity index (χ0v) is 9.29. The fourth-order valence-corrected chi connectivity index (χ4v) is 1.43. The second-order valence-corrected chi connectivity index (χ2v) is 3.68. The van der Waals surface area contributed by atoms with Crippen LogP contribution in [0.5, 0.6) is 0 Å². The summed E-state index contributed by atoms with van der Waals surface area (Å²) in [6.45, 7) is 3.55. The van der Waals surface area contributed by atoms with Crippen molar-refractivity contribution in [1.82, 2.24) is 0 Å². The first kappa shape index (κ1) is 12.7. The molecule has 16 heavy (non-hydrogen) atoms. The zero-order chi connectivity index (χ0) is 11.8. The van der Waals surface area contributed by atoms with E-state index in [1.807, 2.05) is 30.3 Å². The van der Waals surface area contributed by atoms with Crippen molar-refractivity contribution in [2.75, 3.05) is 0 Å². The molecule has 0 aliphatic rings. The quantitative estimate of drug-likeness (QED) is 0.720. The molecule has 0 heterocycles. The second kappa shape index (κ2) is 6.99. The van der Waals surface area contributed by atoms with Crippen LogP contribution < -0.4 is 0 Å². The Bertz CT molecular complexity index is 330. The number of benzene rings is 1. The summed E-state index contributed by atoms with van der Waals surface area (Å²) in [6.07, 6.45) is 5.20. The van der Waals surface area contributed by atoms with Crippen LogP contribution in [0.2, 0.25) is 0 Å². The molecule has 1 rings (SSSR count). The summed E-state index contributed by atoms with van der Waals surface area (Å²) in [5, 5.41) is 19.2. The van der Waals surface area contributed by atoms with Gasteiger partial charge in [0.15, 0.2) is 0 Å². The maximum Gasteiger partial charge on any atom is 0.0824 e. The predicted molar refractivity (Wildman–Crippen MR) is 66.0 cm³/mol. The summed E-state index contributed by atoms with van der Waals surface area (Å²) in [7, 11) is 0. The number of rotatable bonds is 6. The van der Waals surface area contributed by atoms with Gasteiger partial charge in [-0.1, -0.05) is 48.6 Å². The highest BCUT2D eigenvalue weighted by molar-refractivity contribution is 5.18. The van der Waals surface area contributed by atoms with Gasteiger partial charge in [-0.2, -0.15) is 0 Å². The lowest BCUT2D eigenvalue weighted by Gasteiger charge is -2.08. The van der Waals surface area contributed by atoms with Crippen molar-refractivity contribution >= 4 is 0 Å². The molecule has 0 amide bonds. The smallest absolute Gasteiger partial charge is 0.0824 e. The Morgan fingerprint density at radius 1 is 1.12 bits per heavy atom. The normalized spacial score (nSPS) is 14.9. The highest BCUT2D eigenvalue weighted by Crippen LogP contribution is 2.16. The van der Waals surface area contributed by atoms with Gasteiger partial charge in [0, 0.05) is 0 Å². The topological polar surface area (TPSA) is 40.5 Å². The van der Waals surface area contributed by atoms with E-state index < -0.39 is 12.2 Å². The summed E-state index contributed by atoms with van der Waals surface area (Å²) < 4.78 is 0. The molecule has 2 heteroatoms. The van der Waals surface area contributed by atoms with E-state index in [9.17, 15) is 10.2 Å². The molecule has 2 nitrogen and oxygen atoms in total. The molecule has 2 atom stereocenters. The maximum absolute atomic E-state index is 9.81. The molecular weight excluding hydrogens is 200 g/mol. The van der Waals surface area contributed by atoms with Crippen molar-refractivity contribution in [2.45, 2.75) is 25.0 Å². The van der Waals surface area contributed by atoms with Gasteiger partial charge < -0.3 is 10.2 Å². The number of hydrogen-bond donors (Lipinski definition) is 2. The van der Waals surface area contributed by atoms with Gasteiger partial charge in [0.1, 0.15) is 0 Å². The third-order valence-electron chi connectivity index (χ3n) is 2.31. The van der Waals surface area contributed by atoms with Gasteiger partial charge in [-0.05, 0) is 18.4 Å². The van der Waals surface area contributed by atoms with E-state index in [1.54, 1.807) is 18.2 Å². The molecule has 0 unspecified atom stereocenters. The van der Waals surface area contributed by atoms with Crippen LogP contribution in [0.15, 0.2) is 55.1 Å². The van der Waals surface area contributed by atoms with E-state index in [0.29, 0.717) is 12.8 Å². The van der Waals surface area contributed by atoms with Crippen molar-refractivity contribution in [2.24, 2.45) is 0 Å². The van der Waals surface area contributed by atoms with Gasteiger partial charge >= 0.3 is 0 Å². The SMILES string of the molecule is C=CC[C@@H](O)/C=C/C[C@H](O)c1ccccc1. The number of aliphatic hydroxyl groups is 2. The molecule has 0 radical (unpaired) electrons. The molecular formula is C14H18O2. The summed E-state index contributed by atoms with van der Waals surface area (Å²) in [5.41, 5.74) is 0.894. The van der Waals surface area contributed by atoms with Crippen LogP contribution in [-0.4, -0.2) is 16.3 Å². The van der Waals surface area contributed by atoms with E-state index in [2.05, 4.69) is 6.58 Å². The van der Waals surface area contributed by atoms with Crippen LogP contribution in [0.25, 0.3) is 0 Å². The summed E-state index contributed by atoms with van der Waals surface area (Å²) in [5.74, 6) is 0. The Balaban J connectivity index is 2.41. The van der Waals surface area contributed by atoms with Gasteiger partial charge in [0.25, 0.3) is 0 Å². The van der Waals surface area contributed by atoms with Crippen molar-refractivity contribution in [1.29, 1.82) is 0 Å². The first-order chi connectivity index (χ1) is 7.74. The third kappa shape index (κ3) is 4.43. The third-order valence-corrected chi connectivity index (χ3v) is 2.31. The Hall–Kier alpha value is -1.38. The first-order valence-electron chi connectivity index (χ1n) is 5.42. The van der Waals surface area contributed by atoms with Crippen molar-refractivity contribution in [3.05, 3.63) is 60.7 Å². The van der Waals surface area contributed by atoms with E-state index in [1.165, 1.54) is 0 Å². The van der Waals surface area contributed by atoms with Crippen LogP contribution >= 0.6 is 0 Å².